The summed E-state index contributed by atoms with van der Waals surface area (Å²) in [6.07, 6.45) is -0.738. The summed E-state index contributed by atoms with van der Waals surface area (Å²) in [5.74, 6) is 0.221. The van der Waals surface area contributed by atoms with Gasteiger partial charge in [0.25, 0.3) is 0 Å². The van der Waals surface area contributed by atoms with E-state index in [1.807, 2.05) is 0 Å². The Morgan fingerprint density at radius 3 is 2.90 bits per heavy atom. The van der Waals surface area contributed by atoms with E-state index in [1.165, 1.54) is 17.2 Å². The molecule has 0 radical (unpaired) electrons. The number of nitrogen functional groups attached to an aromatic ring is 1. The van der Waals surface area contributed by atoms with Crippen LogP contribution in [0.4, 0.5) is 5.82 Å². The molecular formula is C11H15N5O4. The Hall–Kier alpha value is -1.81. The molecule has 9 nitrogen and oxygen atoms in total. The molecule has 4 atom stereocenters. The second kappa shape index (κ2) is 4.94. The molecule has 0 aromatic carbocycles. The third-order valence-corrected chi connectivity index (χ3v) is 3.39. The van der Waals surface area contributed by atoms with Crippen molar-refractivity contribution in [2.24, 2.45) is 0 Å². The lowest BCUT2D eigenvalue weighted by Gasteiger charge is -2.36. The highest BCUT2D eigenvalue weighted by Gasteiger charge is 2.38. The van der Waals surface area contributed by atoms with Crippen molar-refractivity contribution in [3.8, 4) is 0 Å². The third-order valence-electron chi connectivity index (χ3n) is 3.39. The lowest BCUT2D eigenvalue weighted by atomic mass is 10.0. The molecule has 1 saturated heterocycles. The van der Waals surface area contributed by atoms with Gasteiger partial charge in [-0.1, -0.05) is 0 Å². The number of fused-ring (bicyclic) bond motifs is 1. The van der Waals surface area contributed by atoms with E-state index >= 15 is 0 Å². The minimum atomic E-state index is -1.15. The van der Waals surface area contributed by atoms with Crippen molar-refractivity contribution in [1.29, 1.82) is 0 Å². The highest BCUT2D eigenvalue weighted by molar-refractivity contribution is 5.81. The Bertz CT molecular complexity index is 618. The van der Waals surface area contributed by atoms with E-state index in [2.05, 4.69) is 15.0 Å². The van der Waals surface area contributed by atoms with E-state index in [0.717, 1.165) is 0 Å². The first-order valence-electron chi connectivity index (χ1n) is 6.17. The number of hydrogen-bond acceptors (Lipinski definition) is 8. The second-order valence-corrected chi connectivity index (χ2v) is 4.71. The van der Waals surface area contributed by atoms with Gasteiger partial charge in [-0.25, -0.2) is 15.0 Å². The predicted octanol–water partition coefficient (Wildman–Crippen LogP) is -1.59. The van der Waals surface area contributed by atoms with Crippen LogP contribution < -0.4 is 5.73 Å². The maximum absolute atomic E-state index is 10.1. The van der Waals surface area contributed by atoms with Gasteiger partial charge < -0.3 is 25.8 Å². The summed E-state index contributed by atoms with van der Waals surface area (Å²) in [6, 6.07) is 0. The number of aliphatic hydroxyl groups is 3. The molecule has 0 spiro atoms. The van der Waals surface area contributed by atoms with Crippen molar-refractivity contribution in [2.75, 3.05) is 12.3 Å². The van der Waals surface area contributed by atoms with Crippen molar-refractivity contribution in [2.45, 2.75) is 31.0 Å². The van der Waals surface area contributed by atoms with Crippen LogP contribution in [0.2, 0.25) is 0 Å². The summed E-state index contributed by atoms with van der Waals surface area (Å²) in [5.41, 5.74) is 6.48. The third kappa shape index (κ3) is 2.00. The Labute approximate surface area is 113 Å². The van der Waals surface area contributed by atoms with Crippen molar-refractivity contribution < 1.29 is 20.1 Å². The first-order valence-corrected chi connectivity index (χ1v) is 6.17. The van der Waals surface area contributed by atoms with Crippen molar-refractivity contribution in [1.82, 2.24) is 19.5 Å². The molecule has 0 aliphatic carbocycles. The topological polar surface area (TPSA) is 140 Å². The molecule has 0 saturated carbocycles. The number of ether oxygens (including phenoxy) is 1. The molecule has 3 heterocycles. The van der Waals surface area contributed by atoms with Gasteiger partial charge >= 0.3 is 0 Å². The summed E-state index contributed by atoms with van der Waals surface area (Å²) < 4.78 is 7.05. The molecule has 1 aliphatic rings. The molecule has 0 bridgehead atoms. The van der Waals surface area contributed by atoms with Gasteiger partial charge in [0.1, 0.15) is 17.9 Å². The molecule has 20 heavy (non-hydrogen) atoms. The van der Waals surface area contributed by atoms with E-state index in [0.29, 0.717) is 11.2 Å². The van der Waals surface area contributed by atoms with E-state index in [4.69, 9.17) is 10.5 Å². The van der Waals surface area contributed by atoms with Crippen LogP contribution in [0.1, 0.15) is 12.6 Å². The Kier molecular flexibility index (Phi) is 3.26. The number of rotatable bonds is 2. The summed E-state index contributed by atoms with van der Waals surface area (Å²) in [5, 5.41) is 29.1. The smallest absolute Gasteiger partial charge is 0.167 e. The maximum atomic E-state index is 10.1. The van der Waals surface area contributed by atoms with E-state index in [1.54, 1.807) is 0 Å². The molecule has 3 unspecified atom stereocenters. The molecule has 0 amide bonds. The molecule has 3 rings (SSSR count). The summed E-state index contributed by atoms with van der Waals surface area (Å²) in [4.78, 5) is 12.0. The van der Waals surface area contributed by atoms with Gasteiger partial charge in [0.15, 0.2) is 17.7 Å². The fourth-order valence-electron chi connectivity index (χ4n) is 2.34. The number of nitrogens with two attached hydrogens (primary N) is 1. The minimum absolute atomic E-state index is 0.165. The van der Waals surface area contributed by atoms with Gasteiger partial charge in [-0.15, -0.1) is 0 Å². The van der Waals surface area contributed by atoms with Crippen LogP contribution in [0.3, 0.4) is 0 Å². The lowest BCUT2D eigenvalue weighted by molar-refractivity contribution is -0.204. The monoisotopic (exact) mass is 281 g/mol. The number of aromatic nitrogens is 4. The predicted molar refractivity (Wildman–Crippen MR) is 67.4 cm³/mol. The molecule has 5 N–H and O–H groups in total. The van der Waals surface area contributed by atoms with Crippen molar-refractivity contribution in [3.63, 3.8) is 0 Å². The van der Waals surface area contributed by atoms with Crippen LogP contribution in [0.25, 0.3) is 11.2 Å². The zero-order valence-electron chi connectivity index (χ0n) is 10.5. The number of imidazole rings is 1. The van der Waals surface area contributed by atoms with Crippen LogP contribution in [-0.2, 0) is 4.74 Å². The highest BCUT2D eigenvalue weighted by atomic mass is 16.5. The van der Waals surface area contributed by atoms with Gasteiger partial charge in [-0.3, -0.25) is 4.57 Å². The number of aliphatic hydroxyl groups excluding tert-OH is 3. The summed E-state index contributed by atoms with van der Waals surface area (Å²) >= 11 is 0. The van der Waals surface area contributed by atoms with E-state index < -0.39 is 24.5 Å². The van der Waals surface area contributed by atoms with Crippen LogP contribution in [0, 0.1) is 0 Å². The van der Waals surface area contributed by atoms with Gasteiger partial charge in [-0.2, -0.15) is 0 Å². The fourth-order valence-corrected chi connectivity index (χ4v) is 2.34. The minimum Gasteiger partial charge on any atom is -0.394 e. The Morgan fingerprint density at radius 1 is 1.35 bits per heavy atom. The zero-order valence-corrected chi connectivity index (χ0v) is 10.5. The van der Waals surface area contributed by atoms with Gasteiger partial charge in [0, 0.05) is 6.42 Å². The Balaban J connectivity index is 2.03. The number of hydrogen-bond donors (Lipinski definition) is 4. The normalized spacial score (nSPS) is 30.8. The number of anilines is 1. The van der Waals surface area contributed by atoms with E-state index in [9.17, 15) is 15.3 Å². The first-order chi connectivity index (χ1) is 9.61. The van der Waals surface area contributed by atoms with Crippen LogP contribution in [0.15, 0.2) is 12.7 Å². The molecule has 1 aliphatic heterocycles. The van der Waals surface area contributed by atoms with Crippen LogP contribution in [0.5, 0.6) is 0 Å². The standard InChI is InChI=1S/C11H15N5O4/c12-9-7-10(14-3-13-9)16(4-15-7)11-8(19)6(18)1-5(2-17)20-11/h3-6,8,11,17-19H,1-2H2,(H2,12,13,14)/t5-,6?,8?,11?/m0/s1. The zero-order chi connectivity index (χ0) is 14.3. The molecule has 1 fully saturated rings. The highest BCUT2D eigenvalue weighted by Crippen LogP contribution is 2.30. The average Bonchev–Trinajstić information content (AvgIpc) is 2.87. The van der Waals surface area contributed by atoms with Gasteiger partial charge in [-0.05, 0) is 0 Å². The van der Waals surface area contributed by atoms with Crippen LogP contribution >= 0.6 is 0 Å². The SMILES string of the molecule is Nc1ncnc2c1ncn2C1O[C@H](CO)CC(O)C1O. The average molecular weight is 281 g/mol. The summed E-state index contributed by atoms with van der Waals surface area (Å²) in [7, 11) is 0. The largest absolute Gasteiger partial charge is 0.394 e. The molecule has 2 aromatic heterocycles. The van der Waals surface area contributed by atoms with Crippen LogP contribution in [-0.4, -0.2) is 59.8 Å². The summed E-state index contributed by atoms with van der Waals surface area (Å²) in [6.45, 7) is -0.246. The van der Waals surface area contributed by atoms with Crippen molar-refractivity contribution >= 4 is 17.0 Å². The maximum Gasteiger partial charge on any atom is 0.167 e. The molecule has 9 heteroatoms. The van der Waals surface area contributed by atoms with Gasteiger partial charge in [0.05, 0.1) is 25.1 Å². The molecule has 2 aromatic rings. The Morgan fingerprint density at radius 2 is 2.15 bits per heavy atom. The van der Waals surface area contributed by atoms with Gasteiger partial charge in [0.2, 0.25) is 0 Å². The van der Waals surface area contributed by atoms with E-state index in [-0.39, 0.29) is 18.8 Å². The fraction of sp³-hybridized carbons (Fsp3) is 0.545. The quantitative estimate of drug-likeness (QED) is 0.516. The second-order valence-electron chi connectivity index (χ2n) is 4.71. The van der Waals surface area contributed by atoms with Crippen molar-refractivity contribution in [3.05, 3.63) is 12.7 Å². The number of nitrogens with zero attached hydrogens (tertiary/aromatic N) is 4. The first kappa shape index (κ1) is 13.2. The molecule has 108 valence electrons. The molecular weight excluding hydrogens is 266 g/mol. The lowest BCUT2D eigenvalue weighted by Crippen LogP contribution is -2.46.